The Morgan fingerprint density at radius 3 is 2.50 bits per heavy atom. The summed E-state index contributed by atoms with van der Waals surface area (Å²) in [5, 5.41) is 12.4. The van der Waals surface area contributed by atoms with E-state index in [9.17, 15) is 8.78 Å². The van der Waals surface area contributed by atoms with E-state index in [2.05, 4.69) is 21.0 Å². The van der Waals surface area contributed by atoms with Crippen LogP contribution >= 0.6 is 15.9 Å². The van der Waals surface area contributed by atoms with E-state index in [0.29, 0.717) is 0 Å². The van der Waals surface area contributed by atoms with Gasteiger partial charge in [-0.15, -0.1) is 0 Å². The minimum absolute atomic E-state index is 0.0281. The Balaban J connectivity index is 3.17. The molecule has 1 heterocycles. The summed E-state index contributed by atoms with van der Waals surface area (Å²) in [6.45, 7) is -1.83. The molecule has 0 atom stereocenters. The lowest BCUT2D eigenvalue weighted by Crippen LogP contribution is -2.17. The van der Waals surface area contributed by atoms with Crippen molar-refractivity contribution >= 4 is 21.7 Å². The maximum atomic E-state index is 12.3. The van der Waals surface area contributed by atoms with Gasteiger partial charge in [0.2, 0.25) is 0 Å². The molecule has 0 aliphatic rings. The molecule has 0 bridgehead atoms. The maximum Gasteiger partial charge on any atom is 0.148 e. The van der Waals surface area contributed by atoms with Gasteiger partial charge in [-0.2, -0.15) is 10.4 Å². The molecule has 0 unspecified atom stereocenters. The Hall–Kier alpha value is -1.16. The Morgan fingerprint density at radius 2 is 2.14 bits per heavy atom. The molecule has 1 aromatic heterocycles. The van der Waals surface area contributed by atoms with Crippen LogP contribution in [0.2, 0.25) is 0 Å². The van der Waals surface area contributed by atoms with E-state index >= 15 is 0 Å². The van der Waals surface area contributed by atoms with Crippen LogP contribution in [0.25, 0.3) is 0 Å². The summed E-state index contributed by atoms with van der Waals surface area (Å²) in [4.78, 5) is 0. The monoisotopic (exact) mass is 264 g/mol. The highest BCUT2D eigenvalue weighted by Crippen LogP contribution is 2.24. The van der Waals surface area contributed by atoms with Gasteiger partial charge >= 0.3 is 0 Å². The van der Waals surface area contributed by atoms with Crippen molar-refractivity contribution in [1.82, 2.24) is 9.78 Å². The summed E-state index contributed by atoms with van der Waals surface area (Å²) in [5.74, 6) is -0.0281. The van der Waals surface area contributed by atoms with Gasteiger partial charge in [0.25, 0.3) is 0 Å². The fourth-order valence-electron chi connectivity index (χ4n) is 0.972. The summed E-state index contributed by atoms with van der Waals surface area (Å²) < 4.78 is 25.8. The zero-order valence-electron chi connectivity index (χ0n) is 7.04. The van der Waals surface area contributed by atoms with Crippen molar-refractivity contribution in [2.24, 2.45) is 0 Å². The molecule has 7 heteroatoms. The molecule has 0 fully saturated rings. The summed E-state index contributed by atoms with van der Waals surface area (Å²) >= 11 is 2.98. The predicted octanol–water partition coefficient (Wildman–Crippen LogP) is 1.58. The van der Waals surface area contributed by atoms with Crippen molar-refractivity contribution < 1.29 is 8.78 Å². The molecule has 0 spiro atoms. The van der Waals surface area contributed by atoms with Gasteiger partial charge in [0.05, 0.1) is 0 Å². The third-order valence-electron chi connectivity index (χ3n) is 1.72. The minimum atomic E-state index is -1.06. The highest BCUT2D eigenvalue weighted by atomic mass is 79.9. The number of nitriles is 1. The van der Waals surface area contributed by atoms with E-state index in [-0.39, 0.29) is 16.0 Å². The van der Waals surface area contributed by atoms with Gasteiger partial charge in [0.15, 0.2) is 0 Å². The molecule has 0 radical (unpaired) electrons. The third-order valence-corrected chi connectivity index (χ3v) is 2.27. The lowest BCUT2D eigenvalue weighted by atomic mass is 10.3. The van der Waals surface area contributed by atoms with Crippen molar-refractivity contribution in [3.63, 3.8) is 0 Å². The van der Waals surface area contributed by atoms with Crippen LogP contribution in [0.4, 0.5) is 14.6 Å². The van der Waals surface area contributed by atoms with Crippen LogP contribution in [0.15, 0.2) is 4.60 Å². The average Bonchev–Trinajstić information content (AvgIpc) is 2.45. The second-order valence-electron chi connectivity index (χ2n) is 2.57. The van der Waals surface area contributed by atoms with Gasteiger partial charge in [-0.05, 0) is 15.9 Å². The van der Waals surface area contributed by atoms with Crippen LogP contribution in [0, 0.1) is 11.3 Å². The van der Waals surface area contributed by atoms with E-state index < -0.39 is 19.4 Å². The second-order valence-corrected chi connectivity index (χ2v) is 3.32. The number of halogens is 3. The highest BCUT2D eigenvalue weighted by Gasteiger charge is 2.20. The number of hydrogen-bond donors (Lipinski definition) is 1. The fraction of sp³-hybridized carbons (Fsp3) is 0.429. The van der Waals surface area contributed by atoms with Gasteiger partial charge in [-0.25, -0.2) is 13.5 Å². The zero-order valence-corrected chi connectivity index (χ0v) is 8.63. The highest BCUT2D eigenvalue weighted by molar-refractivity contribution is 9.10. The molecule has 14 heavy (non-hydrogen) atoms. The van der Waals surface area contributed by atoms with Crippen LogP contribution in [0.3, 0.4) is 0 Å². The topological polar surface area (TPSA) is 67.6 Å². The summed E-state index contributed by atoms with van der Waals surface area (Å²) in [6.07, 6.45) is 0. The van der Waals surface area contributed by atoms with Gasteiger partial charge in [0, 0.05) is 0 Å². The summed E-state index contributed by atoms with van der Waals surface area (Å²) in [6, 6.07) is 0.725. The Bertz CT molecular complexity index is 367. The van der Waals surface area contributed by atoms with Crippen molar-refractivity contribution in [2.75, 3.05) is 19.1 Å². The van der Waals surface area contributed by atoms with Crippen LogP contribution in [-0.4, -0.2) is 23.1 Å². The van der Waals surface area contributed by atoms with Gasteiger partial charge in [-0.3, -0.25) is 0 Å². The summed E-state index contributed by atoms with van der Waals surface area (Å²) in [5.41, 5.74) is 5.58. The normalized spacial score (nSPS) is 10.5. The van der Waals surface area contributed by atoms with Gasteiger partial charge < -0.3 is 5.73 Å². The zero-order chi connectivity index (χ0) is 10.7. The minimum Gasteiger partial charge on any atom is -0.383 e. The van der Waals surface area contributed by atoms with Crippen LogP contribution in [-0.2, 0) is 0 Å². The molecule has 0 saturated heterocycles. The van der Waals surface area contributed by atoms with E-state index in [0.717, 1.165) is 4.68 Å². The first-order valence-corrected chi connectivity index (χ1v) is 4.50. The SMILES string of the molecule is N#Cc1c(Br)nn(C(CF)CF)c1N. The summed E-state index contributed by atoms with van der Waals surface area (Å²) in [7, 11) is 0. The van der Waals surface area contributed by atoms with Crippen molar-refractivity contribution in [3.05, 3.63) is 10.2 Å². The van der Waals surface area contributed by atoms with Crippen molar-refractivity contribution in [3.8, 4) is 6.07 Å². The maximum absolute atomic E-state index is 12.3. The Morgan fingerprint density at radius 1 is 1.57 bits per heavy atom. The number of nitrogens with two attached hydrogens (primary N) is 1. The fourth-order valence-corrected chi connectivity index (χ4v) is 1.44. The third kappa shape index (κ3) is 1.70. The van der Waals surface area contributed by atoms with Crippen molar-refractivity contribution in [1.29, 1.82) is 5.26 Å². The molecule has 2 N–H and O–H groups in total. The molecule has 4 nitrogen and oxygen atoms in total. The van der Waals surface area contributed by atoms with E-state index in [1.807, 2.05) is 0 Å². The standard InChI is InChI=1S/C7H7BrF2N4/c8-6-5(3-11)7(12)14(13-6)4(1-9)2-10/h4H,1-2,12H2. The van der Waals surface area contributed by atoms with Crippen molar-refractivity contribution in [2.45, 2.75) is 6.04 Å². The van der Waals surface area contributed by atoms with Gasteiger partial charge in [-0.1, -0.05) is 0 Å². The number of alkyl halides is 2. The smallest absolute Gasteiger partial charge is 0.148 e. The quantitative estimate of drug-likeness (QED) is 0.902. The Kier molecular flexibility index (Phi) is 3.41. The molecule has 0 aliphatic heterocycles. The number of aromatic nitrogens is 2. The van der Waals surface area contributed by atoms with Crippen LogP contribution < -0.4 is 5.73 Å². The number of nitrogens with zero attached hydrogens (tertiary/aromatic N) is 3. The molecule has 76 valence electrons. The van der Waals surface area contributed by atoms with E-state index in [1.165, 1.54) is 0 Å². The van der Waals surface area contributed by atoms with Crippen LogP contribution in [0.5, 0.6) is 0 Å². The molecular weight excluding hydrogens is 258 g/mol. The molecular formula is C7H7BrF2N4. The van der Waals surface area contributed by atoms with E-state index in [1.54, 1.807) is 6.07 Å². The van der Waals surface area contributed by atoms with Gasteiger partial charge in [0.1, 0.15) is 41.4 Å². The number of rotatable bonds is 3. The molecule has 0 aromatic carbocycles. The molecule has 0 aliphatic carbocycles. The number of nitrogen functional groups attached to an aromatic ring is 1. The molecule has 1 aromatic rings. The average molecular weight is 265 g/mol. The molecule has 0 amide bonds. The molecule has 0 saturated carbocycles. The first-order valence-electron chi connectivity index (χ1n) is 3.71. The lowest BCUT2D eigenvalue weighted by molar-refractivity contribution is 0.274. The first kappa shape index (κ1) is 10.9. The Labute approximate surface area is 87.4 Å². The largest absolute Gasteiger partial charge is 0.383 e. The first-order chi connectivity index (χ1) is 6.65. The lowest BCUT2D eigenvalue weighted by Gasteiger charge is -2.10. The van der Waals surface area contributed by atoms with Crippen LogP contribution in [0.1, 0.15) is 11.6 Å². The predicted molar refractivity (Wildman–Crippen MR) is 50.0 cm³/mol. The van der Waals surface area contributed by atoms with E-state index in [4.69, 9.17) is 11.0 Å². The number of anilines is 1. The molecule has 1 rings (SSSR count). The number of hydrogen-bond acceptors (Lipinski definition) is 3. The second kappa shape index (κ2) is 4.37.